The van der Waals surface area contributed by atoms with Crippen LogP contribution in [0.1, 0.15) is 48.5 Å². The summed E-state index contributed by atoms with van der Waals surface area (Å²) in [5.41, 5.74) is -1.88. The molecule has 1 rings (SSSR count). The van der Waals surface area contributed by atoms with Crippen LogP contribution in [0.5, 0.6) is 0 Å². The summed E-state index contributed by atoms with van der Waals surface area (Å²) < 4.78 is 20.6. The highest BCUT2D eigenvalue weighted by atomic mass is 16.7. The summed E-state index contributed by atoms with van der Waals surface area (Å²) in [6, 6.07) is 1.47. The van der Waals surface area contributed by atoms with E-state index in [0.717, 1.165) is 11.6 Å². The van der Waals surface area contributed by atoms with Gasteiger partial charge in [0.05, 0.1) is 0 Å². The van der Waals surface area contributed by atoms with Gasteiger partial charge in [0.1, 0.15) is 11.2 Å². The monoisotopic (exact) mass is 426 g/mol. The lowest BCUT2D eigenvalue weighted by atomic mass is 10.2. The number of rotatable bonds is 2. The average Bonchev–Trinajstić information content (AvgIpc) is 3.04. The fourth-order valence-corrected chi connectivity index (χ4v) is 1.73. The van der Waals surface area contributed by atoms with Crippen molar-refractivity contribution < 1.29 is 38.1 Å². The van der Waals surface area contributed by atoms with Gasteiger partial charge in [-0.25, -0.2) is 19.1 Å². The number of carbonyl (C=O) groups is 4. The van der Waals surface area contributed by atoms with E-state index in [0.29, 0.717) is 4.90 Å². The summed E-state index contributed by atoms with van der Waals surface area (Å²) in [4.78, 5) is 52.5. The van der Waals surface area contributed by atoms with Crippen molar-refractivity contribution in [3.8, 4) is 0 Å². The molecular weight excluding hydrogens is 400 g/mol. The second-order valence-corrected chi connectivity index (χ2v) is 7.82. The number of nitrogens with zero attached hydrogens (tertiary/aromatic N) is 4. The molecule has 0 saturated carbocycles. The lowest BCUT2D eigenvalue weighted by Gasteiger charge is -2.26. The normalized spacial score (nSPS) is 12.0. The third kappa shape index (κ3) is 8.71. The number of imide groups is 1. The van der Waals surface area contributed by atoms with Crippen molar-refractivity contribution in [3.63, 3.8) is 0 Å². The molecule has 1 heterocycles. The number of aromatic nitrogens is 2. The minimum absolute atomic E-state index is 0.339. The van der Waals surface area contributed by atoms with Crippen LogP contribution in [0, 0.1) is 0 Å². The van der Waals surface area contributed by atoms with Gasteiger partial charge in [0, 0.05) is 19.3 Å². The van der Waals surface area contributed by atoms with Crippen LogP contribution in [0.3, 0.4) is 0 Å². The summed E-state index contributed by atoms with van der Waals surface area (Å²) in [6.45, 7) is 9.92. The molecule has 166 valence electrons. The van der Waals surface area contributed by atoms with E-state index < -0.39 is 48.2 Å². The number of esters is 1. The Balaban J connectivity index is 3.36. The summed E-state index contributed by atoms with van der Waals surface area (Å²) >= 11 is 0. The Morgan fingerprint density at radius 2 is 1.57 bits per heavy atom. The lowest BCUT2D eigenvalue weighted by molar-refractivity contribution is -0.149. The topological polar surface area (TPSA) is 139 Å². The highest BCUT2D eigenvalue weighted by molar-refractivity contribution is 6.10. The number of amides is 3. The quantitative estimate of drug-likeness (QED) is 0.229. The third-order valence-corrected chi connectivity index (χ3v) is 2.70. The predicted octanol–water partition coefficient (Wildman–Crippen LogP) is 2.92. The molecule has 0 aliphatic rings. The Morgan fingerprint density at radius 3 is 2.03 bits per heavy atom. The first-order valence-corrected chi connectivity index (χ1v) is 8.84. The molecule has 0 N–H and O–H groups in total. The smallest absolute Gasteiger partial charge is 0.437 e. The first-order valence-electron chi connectivity index (χ1n) is 8.84. The lowest BCUT2D eigenvalue weighted by Crippen LogP contribution is -2.48. The zero-order chi connectivity index (χ0) is 23.1. The molecule has 30 heavy (non-hydrogen) atoms. The van der Waals surface area contributed by atoms with E-state index in [1.165, 1.54) is 18.5 Å². The van der Waals surface area contributed by atoms with Gasteiger partial charge in [-0.15, -0.1) is 9.89 Å². The fraction of sp³-hybridized carbons (Fsp3) is 0.556. The van der Waals surface area contributed by atoms with Gasteiger partial charge in [-0.3, -0.25) is 4.79 Å². The van der Waals surface area contributed by atoms with Gasteiger partial charge in [-0.2, -0.15) is 5.10 Å². The Labute approximate surface area is 173 Å². The van der Waals surface area contributed by atoms with Gasteiger partial charge in [0.25, 0.3) is 5.96 Å². The average molecular weight is 426 g/mol. The Hall–Kier alpha value is -3.44. The maximum Gasteiger partial charge on any atom is 0.437 e. The standard InChI is InChI=1S/C18H26N4O8/c1-12(23)27-11-28-15(25)22(16(26)30-18(5,6)7)13(21-10-8-9-19-21)20-14(24)29-17(2,3)4/h8-10H,11H2,1-7H3. The van der Waals surface area contributed by atoms with Crippen LogP contribution in [0.2, 0.25) is 0 Å². The summed E-state index contributed by atoms with van der Waals surface area (Å²) in [5, 5.41) is 3.89. The van der Waals surface area contributed by atoms with Gasteiger partial charge in [-0.05, 0) is 47.6 Å². The first kappa shape index (κ1) is 24.6. The van der Waals surface area contributed by atoms with E-state index in [9.17, 15) is 19.2 Å². The molecule has 1 aromatic heterocycles. The number of hydrogen-bond donors (Lipinski definition) is 0. The zero-order valence-corrected chi connectivity index (χ0v) is 18.0. The number of carbonyl (C=O) groups excluding carboxylic acids is 4. The number of ether oxygens (including phenoxy) is 4. The highest BCUT2D eigenvalue weighted by Gasteiger charge is 2.35. The molecule has 0 aromatic carbocycles. The number of aliphatic imine (C=N–C) groups is 1. The SMILES string of the molecule is CC(=O)OCOC(=O)N(C(=O)OC(C)(C)C)C(=NC(=O)OC(C)(C)C)n1cccn1. The second-order valence-electron chi connectivity index (χ2n) is 7.82. The molecule has 0 bridgehead atoms. The van der Waals surface area contributed by atoms with Crippen LogP contribution in [-0.2, 0) is 23.7 Å². The van der Waals surface area contributed by atoms with Gasteiger partial charge in [0.15, 0.2) is 0 Å². The van der Waals surface area contributed by atoms with E-state index in [1.807, 2.05) is 0 Å². The Bertz CT molecular complexity index is 803. The van der Waals surface area contributed by atoms with Crippen molar-refractivity contribution in [1.29, 1.82) is 0 Å². The van der Waals surface area contributed by atoms with E-state index >= 15 is 0 Å². The molecule has 0 aliphatic carbocycles. The van der Waals surface area contributed by atoms with Crippen LogP contribution < -0.4 is 0 Å². The minimum atomic E-state index is -1.32. The van der Waals surface area contributed by atoms with Gasteiger partial charge < -0.3 is 18.9 Å². The van der Waals surface area contributed by atoms with Crippen molar-refractivity contribution >= 4 is 30.2 Å². The molecule has 1 aromatic rings. The maximum absolute atomic E-state index is 12.7. The summed E-state index contributed by atoms with van der Waals surface area (Å²) in [6.07, 6.45) is -0.937. The highest BCUT2D eigenvalue weighted by Crippen LogP contribution is 2.14. The van der Waals surface area contributed by atoms with Crippen molar-refractivity contribution in [2.75, 3.05) is 6.79 Å². The molecule has 0 radical (unpaired) electrons. The molecule has 0 spiro atoms. The molecule has 12 nitrogen and oxygen atoms in total. The van der Waals surface area contributed by atoms with E-state index in [-0.39, 0.29) is 0 Å². The molecule has 12 heteroatoms. The van der Waals surface area contributed by atoms with Crippen LogP contribution in [0.4, 0.5) is 14.4 Å². The van der Waals surface area contributed by atoms with Crippen LogP contribution in [-0.4, -0.2) is 62.9 Å². The molecule has 3 amide bonds. The zero-order valence-electron chi connectivity index (χ0n) is 18.0. The van der Waals surface area contributed by atoms with E-state index in [2.05, 4.69) is 14.8 Å². The van der Waals surface area contributed by atoms with Crippen LogP contribution >= 0.6 is 0 Å². The Morgan fingerprint density at radius 1 is 0.967 bits per heavy atom. The van der Waals surface area contributed by atoms with Crippen molar-refractivity contribution in [3.05, 3.63) is 18.5 Å². The van der Waals surface area contributed by atoms with E-state index in [1.54, 1.807) is 41.5 Å². The van der Waals surface area contributed by atoms with Gasteiger partial charge in [0.2, 0.25) is 6.79 Å². The molecule has 0 fully saturated rings. The first-order chi connectivity index (χ1) is 13.7. The maximum atomic E-state index is 12.7. The van der Waals surface area contributed by atoms with E-state index in [4.69, 9.17) is 14.2 Å². The largest absolute Gasteiger partial charge is 0.443 e. The summed E-state index contributed by atoms with van der Waals surface area (Å²) in [7, 11) is 0. The Kier molecular flexibility index (Phi) is 8.08. The molecule has 0 atom stereocenters. The summed E-state index contributed by atoms with van der Waals surface area (Å²) in [5.74, 6) is -1.27. The van der Waals surface area contributed by atoms with Crippen LogP contribution in [0.25, 0.3) is 0 Å². The molecule has 0 unspecified atom stereocenters. The van der Waals surface area contributed by atoms with Crippen LogP contribution in [0.15, 0.2) is 23.5 Å². The molecule has 0 aliphatic heterocycles. The predicted molar refractivity (Wildman–Crippen MR) is 102 cm³/mol. The van der Waals surface area contributed by atoms with Crippen molar-refractivity contribution in [2.24, 2.45) is 4.99 Å². The fourth-order valence-electron chi connectivity index (χ4n) is 1.73. The van der Waals surface area contributed by atoms with Crippen molar-refractivity contribution in [2.45, 2.75) is 59.7 Å². The number of hydrogen-bond acceptors (Lipinski definition) is 9. The molecule has 0 saturated heterocycles. The van der Waals surface area contributed by atoms with Gasteiger partial charge in [-0.1, -0.05) is 0 Å². The van der Waals surface area contributed by atoms with Crippen molar-refractivity contribution in [1.82, 2.24) is 14.7 Å². The molecular formula is C18H26N4O8. The van der Waals surface area contributed by atoms with Gasteiger partial charge >= 0.3 is 24.2 Å². The second kappa shape index (κ2) is 9.85. The third-order valence-electron chi connectivity index (χ3n) is 2.70. The minimum Gasteiger partial charge on any atom is -0.443 e.